The maximum Gasteiger partial charge on any atom is 0.243 e. The molecule has 0 aliphatic carbocycles. The molecule has 2 amide bonds. The zero-order chi connectivity index (χ0) is 21.2. The van der Waals surface area contributed by atoms with Gasteiger partial charge in [0.05, 0.1) is 13.1 Å². The van der Waals surface area contributed by atoms with Gasteiger partial charge >= 0.3 is 0 Å². The Morgan fingerprint density at radius 2 is 1.83 bits per heavy atom. The highest BCUT2D eigenvalue weighted by atomic mass is 16.5. The van der Waals surface area contributed by atoms with E-state index >= 15 is 0 Å². The lowest BCUT2D eigenvalue weighted by atomic mass is 10.1. The van der Waals surface area contributed by atoms with Crippen molar-refractivity contribution in [2.75, 3.05) is 32.1 Å². The van der Waals surface area contributed by atoms with Gasteiger partial charge in [-0.05, 0) is 55.8 Å². The van der Waals surface area contributed by atoms with Gasteiger partial charge in [-0.3, -0.25) is 14.5 Å². The van der Waals surface area contributed by atoms with Gasteiger partial charge < -0.3 is 15.4 Å². The van der Waals surface area contributed by atoms with Crippen molar-refractivity contribution in [1.82, 2.24) is 10.2 Å². The van der Waals surface area contributed by atoms with E-state index in [9.17, 15) is 9.59 Å². The molecule has 2 rings (SSSR count). The molecule has 6 heteroatoms. The fourth-order valence-electron chi connectivity index (χ4n) is 2.77. The second-order valence-corrected chi connectivity index (χ2v) is 6.99. The Bertz CT molecular complexity index is 847. The third kappa shape index (κ3) is 7.43. The van der Waals surface area contributed by atoms with Crippen LogP contribution < -0.4 is 15.4 Å². The van der Waals surface area contributed by atoms with Crippen LogP contribution in [0, 0.1) is 13.8 Å². The van der Waals surface area contributed by atoms with E-state index in [0.717, 1.165) is 28.1 Å². The van der Waals surface area contributed by atoms with Crippen LogP contribution in [-0.4, -0.2) is 43.5 Å². The molecule has 0 saturated carbocycles. The number of hydrogen-bond acceptors (Lipinski definition) is 4. The molecule has 0 spiro atoms. The van der Waals surface area contributed by atoms with E-state index in [2.05, 4.69) is 17.2 Å². The maximum atomic E-state index is 12.1. The summed E-state index contributed by atoms with van der Waals surface area (Å²) in [7, 11) is 1.86. The van der Waals surface area contributed by atoms with Crippen LogP contribution in [0.1, 0.15) is 16.7 Å². The van der Waals surface area contributed by atoms with Crippen molar-refractivity contribution >= 4 is 17.5 Å². The zero-order valence-electron chi connectivity index (χ0n) is 17.3. The number of carbonyl (C=O) groups is 2. The van der Waals surface area contributed by atoms with Crippen LogP contribution in [0.3, 0.4) is 0 Å². The fraction of sp³-hybridized carbons (Fsp3) is 0.304. The number of nitrogens with zero attached hydrogens (tertiary/aromatic N) is 1. The van der Waals surface area contributed by atoms with Gasteiger partial charge in [-0.1, -0.05) is 36.9 Å². The normalized spacial score (nSPS) is 10.5. The first-order valence-electron chi connectivity index (χ1n) is 9.53. The number of aryl methyl sites for hydroxylation is 1. The molecule has 6 nitrogen and oxygen atoms in total. The number of rotatable bonds is 10. The van der Waals surface area contributed by atoms with E-state index in [1.165, 1.54) is 0 Å². The number of amides is 2. The first-order valence-corrected chi connectivity index (χ1v) is 9.53. The summed E-state index contributed by atoms with van der Waals surface area (Å²) in [6, 6.07) is 13.4. The Hall–Kier alpha value is -3.12. The van der Waals surface area contributed by atoms with Gasteiger partial charge in [-0.2, -0.15) is 0 Å². The average molecular weight is 396 g/mol. The molecule has 0 aliphatic rings. The van der Waals surface area contributed by atoms with Crippen LogP contribution in [0.15, 0.2) is 55.1 Å². The smallest absolute Gasteiger partial charge is 0.243 e. The van der Waals surface area contributed by atoms with Gasteiger partial charge in [0, 0.05) is 12.2 Å². The summed E-state index contributed by atoms with van der Waals surface area (Å²) in [4.78, 5) is 26.1. The molecule has 2 aromatic rings. The van der Waals surface area contributed by atoms with E-state index in [-0.39, 0.29) is 24.9 Å². The number of anilines is 1. The van der Waals surface area contributed by atoms with Crippen LogP contribution in [0.5, 0.6) is 5.75 Å². The van der Waals surface area contributed by atoms with E-state index in [4.69, 9.17) is 4.74 Å². The molecule has 0 bridgehead atoms. The number of carbonyl (C=O) groups excluding carboxylic acids is 2. The lowest BCUT2D eigenvalue weighted by Gasteiger charge is -2.17. The summed E-state index contributed by atoms with van der Waals surface area (Å²) < 4.78 is 5.46. The molecule has 2 N–H and O–H groups in total. The predicted octanol–water partition coefficient (Wildman–Crippen LogP) is 3.05. The molecule has 2 aromatic carbocycles. The van der Waals surface area contributed by atoms with Crippen molar-refractivity contribution < 1.29 is 14.3 Å². The fourth-order valence-corrected chi connectivity index (χ4v) is 2.77. The molecular weight excluding hydrogens is 366 g/mol. The van der Waals surface area contributed by atoms with Gasteiger partial charge in [0.25, 0.3) is 0 Å². The van der Waals surface area contributed by atoms with Gasteiger partial charge in [0.15, 0.2) is 0 Å². The predicted molar refractivity (Wildman–Crippen MR) is 116 cm³/mol. The number of nitrogens with one attached hydrogen (secondary N) is 2. The highest BCUT2D eigenvalue weighted by molar-refractivity contribution is 5.95. The van der Waals surface area contributed by atoms with E-state index in [1.807, 2.05) is 68.3 Å². The molecule has 0 radical (unpaired) electrons. The van der Waals surface area contributed by atoms with Gasteiger partial charge in [-0.15, -0.1) is 0 Å². The van der Waals surface area contributed by atoms with Crippen molar-refractivity contribution in [3.63, 3.8) is 0 Å². The monoisotopic (exact) mass is 395 g/mol. The summed E-state index contributed by atoms with van der Waals surface area (Å²) in [6.07, 6.45) is 1.70. The summed E-state index contributed by atoms with van der Waals surface area (Å²) in [5, 5.41) is 5.50. The van der Waals surface area contributed by atoms with Crippen LogP contribution in [-0.2, 0) is 16.1 Å². The molecule has 0 aliphatic heterocycles. The van der Waals surface area contributed by atoms with Gasteiger partial charge in [0.1, 0.15) is 12.4 Å². The van der Waals surface area contributed by atoms with Crippen LogP contribution >= 0.6 is 0 Å². The molecular formula is C23H29N3O3. The Morgan fingerprint density at radius 1 is 1.10 bits per heavy atom. The standard InChI is InChI=1S/C23H29N3O3/c1-5-13-29-20-11-9-19(10-12-20)15-26(4)16-23(28)24-14-22(27)25-21-8-6-7-17(2)18(21)3/h5-12H,1,13-16H2,2-4H3,(H,24,28)(H,25,27). The SMILES string of the molecule is C=CCOc1ccc(CN(C)CC(=O)NCC(=O)Nc2cccc(C)c2C)cc1. The number of hydrogen-bond donors (Lipinski definition) is 2. The van der Waals surface area contributed by atoms with Gasteiger partial charge in [-0.25, -0.2) is 0 Å². The summed E-state index contributed by atoms with van der Waals surface area (Å²) in [5.41, 5.74) is 3.96. The lowest BCUT2D eigenvalue weighted by Crippen LogP contribution is -2.39. The van der Waals surface area contributed by atoms with Gasteiger partial charge in [0.2, 0.25) is 11.8 Å². The van der Waals surface area contributed by atoms with Crippen molar-refractivity contribution in [3.8, 4) is 5.75 Å². The maximum absolute atomic E-state index is 12.1. The van der Waals surface area contributed by atoms with Crippen LogP contribution in [0.4, 0.5) is 5.69 Å². The Morgan fingerprint density at radius 3 is 2.52 bits per heavy atom. The third-order valence-electron chi connectivity index (χ3n) is 4.48. The van der Waals surface area contributed by atoms with E-state index < -0.39 is 0 Å². The Kier molecular flexibility index (Phi) is 8.43. The van der Waals surface area contributed by atoms with Crippen molar-refractivity contribution in [3.05, 3.63) is 71.8 Å². The highest BCUT2D eigenvalue weighted by Crippen LogP contribution is 2.17. The summed E-state index contributed by atoms with van der Waals surface area (Å²) in [6.45, 7) is 8.79. The number of ether oxygens (including phenoxy) is 1. The van der Waals surface area contributed by atoms with E-state index in [0.29, 0.717) is 13.2 Å². The molecule has 29 heavy (non-hydrogen) atoms. The van der Waals surface area contributed by atoms with Crippen LogP contribution in [0.2, 0.25) is 0 Å². The van der Waals surface area contributed by atoms with Crippen molar-refractivity contribution in [2.45, 2.75) is 20.4 Å². The lowest BCUT2D eigenvalue weighted by molar-refractivity contribution is -0.124. The highest BCUT2D eigenvalue weighted by Gasteiger charge is 2.10. The quantitative estimate of drug-likeness (QED) is 0.607. The number of benzene rings is 2. The van der Waals surface area contributed by atoms with Crippen molar-refractivity contribution in [2.24, 2.45) is 0 Å². The zero-order valence-corrected chi connectivity index (χ0v) is 17.3. The second kappa shape index (κ2) is 11.0. The average Bonchev–Trinajstić information content (AvgIpc) is 2.69. The minimum Gasteiger partial charge on any atom is -0.490 e. The molecule has 0 heterocycles. The molecule has 0 unspecified atom stereocenters. The molecule has 0 aromatic heterocycles. The Balaban J connectivity index is 1.74. The van der Waals surface area contributed by atoms with E-state index in [1.54, 1.807) is 6.08 Å². The second-order valence-electron chi connectivity index (χ2n) is 6.99. The largest absolute Gasteiger partial charge is 0.490 e. The first-order chi connectivity index (χ1) is 13.9. The summed E-state index contributed by atoms with van der Waals surface area (Å²) in [5.74, 6) is 0.336. The number of likely N-dealkylation sites (N-methyl/N-ethyl adjacent to an activating group) is 1. The van der Waals surface area contributed by atoms with Crippen LogP contribution in [0.25, 0.3) is 0 Å². The van der Waals surface area contributed by atoms with Crippen molar-refractivity contribution in [1.29, 1.82) is 0 Å². The minimum atomic E-state index is -0.246. The molecule has 0 atom stereocenters. The molecule has 154 valence electrons. The minimum absolute atomic E-state index is 0.0601. The first kappa shape index (κ1) is 22.2. The molecule has 0 fully saturated rings. The Labute approximate surface area is 172 Å². The third-order valence-corrected chi connectivity index (χ3v) is 4.48. The summed E-state index contributed by atoms with van der Waals surface area (Å²) >= 11 is 0. The topological polar surface area (TPSA) is 70.7 Å². The molecule has 0 saturated heterocycles.